The Kier molecular flexibility index (Phi) is 5.38. The molecule has 0 aliphatic heterocycles. The normalized spacial score (nSPS) is 11.7. The van der Waals surface area contributed by atoms with Gasteiger partial charge < -0.3 is 5.32 Å². The summed E-state index contributed by atoms with van der Waals surface area (Å²) in [5.74, 6) is -0.282. The van der Waals surface area contributed by atoms with Crippen LogP contribution in [0.4, 0.5) is 13.2 Å². The third kappa shape index (κ3) is 4.28. The molecule has 0 fully saturated rings. The maximum Gasteiger partial charge on any atom is 0.417 e. The number of nitrogens with zero attached hydrogens (tertiary/aromatic N) is 3. The van der Waals surface area contributed by atoms with Crippen LogP contribution >= 0.6 is 23.4 Å². The van der Waals surface area contributed by atoms with Crippen molar-refractivity contribution in [1.29, 1.82) is 0 Å². The van der Waals surface area contributed by atoms with Crippen molar-refractivity contribution in [3.8, 4) is 0 Å². The van der Waals surface area contributed by atoms with Crippen LogP contribution in [0.15, 0.2) is 47.8 Å². The second-order valence-electron chi connectivity index (χ2n) is 5.30. The Morgan fingerprint density at radius 3 is 2.65 bits per heavy atom. The highest BCUT2D eigenvalue weighted by molar-refractivity contribution is 7.99. The fourth-order valence-corrected chi connectivity index (χ4v) is 3.15. The van der Waals surface area contributed by atoms with Crippen LogP contribution in [0.2, 0.25) is 5.02 Å². The summed E-state index contributed by atoms with van der Waals surface area (Å²) < 4.78 is 39.9. The van der Waals surface area contributed by atoms with Gasteiger partial charge in [0, 0.05) is 12.7 Å². The molecule has 10 heteroatoms. The number of thioether (sulfide) groups is 1. The van der Waals surface area contributed by atoms with E-state index in [9.17, 15) is 18.0 Å². The number of benzene rings is 1. The number of carbonyl (C=O) groups is 1. The molecular formula is C16H12ClF3N4OS. The van der Waals surface area contributed by atoms with Crippen molar-refractivity contribution in [3.63, 3.8) is 0 Å². The molecule has 1 amide bonds. The van der Waals surface area contributed by atoms with E-state index in [1.54, 1.807) is 0 Å². The first-order valence-corrected chi connectivity index (χ1v) is 8.76. The van der Waals surface area contributed by atoms with E-state index >= 15 is 0 Å². The van der Waals surface area contributed by atoms with Gasteiger partial charge >= 0.3 is 6.18 Å². The van der Waals surface area contributed by atoms with E-state index in [2.05, 4.69) is 15.5 Å². The molecule has 26 heavy (non-hydrogen) atoms. The smallest absolute Gasteiger partial charge is 0.351 e. The van der Waals surface area contributed by atoms with Crippen LogP contribution in [0.5, 0.6) is 0 Å². The third-order valence-electron chi connectivity index (χ3n) is 3.42. The Balaban J connectivity index is 1.69. The number of aromatic nitrogens is 3. The van der Waals surface area contributed by atoms with Crippen molar-refractivity contribution in [2.45, 2.75) is 17.9 Å². The quantitative estimate of drug-likeness (QED) is 0.662. The van der Waals surface area contributed by atoms with Gasteiger partial charge in [-0.15, -0.1) is 10.2 Å². The minimum Gasteiger partial charge on any atom is -0.351 e. The molecule has 0 radical (unpaired) electrons. The van der Waals surface area contributed by atoms with E-state index in [1.165, 1.54) is 0 Å². The molecule has 0 unspecified atom stereocenters. The molecule has 0 atom stereocenters. The van der Waals surface area contributed by atoms with Crippen LogP contribution in [0.1, 0.15) is 11.1 Å². The van der Waals surface area contributed by atoms with Gasteiger partial charge in [-0.25, -0.2) is 0 Å². The highest BCUT2D eigenvalue weighted by Crippen LogP contribution is 2.33. The molecule has 3 aromatic rings. The first kappa shape index (κ1) is 18.5. The Morgan fingerprint density at radius 1 is 1.23 bits per heavy atom. The minimum atomic E-state index is -4.54. The second kappa shape index (κ2) is 7.55. The first-order valence-electron chi connectivity index (χ1n) is 7.39. The van der Waals surface area contributed by atoms with E-state index in [-0.39, 0.29) is 27.5 Å². The highest BCUT2D eigenvalue weighted by atomic mass is 35.5. The number of halogens is 4. The van der Waals surface area contributed by atoms with Crippen molar-refractivity contribution in [2.75, 3.05) is 5.75 Å². The summed E-state index contributed by atoms with van der Waals surface area (Å²) in [7, 11) is 0. The van der Waals surface area contributed by atoms with Crippen LogP contribution in [0, 0.1) is 0 Å². The molecule has 5 nitrogen and oxygen atoms in total. The zero-order valence-corrected chi connectivity index (χ0v) is 14.7. The Morgan fingerprint density at radius 2 is 1.96 bits per heavy atom. The lowest BCUT2D eigenvalue weighted by molar-refractivity contribution is -0.137. The lowest BCUT2D eigenvalue weighted by atomic mass is 10.2. The van der Waals surface area contributed by atoms with E-state index < -0.39 is 11.7 Å². The fraction of sp³-hybridized carbons (Fsp3) is 0.188. The van der Waals surface area contributed by atoms with Crippen molar-refractivity contribution >= 4 is 34.9 Å². The summed E-state index contributed by atoms with van der Waals surface area (Å²) in [5, 5.41) is 10.3. The number of hydrogen-bond donors (Lipinski definition) is 1. The fourth-order valence-electron chi connectivity index (χ4n) is 2.16. The molecule has 3 rings (SSSR count). The molecular weight excluding hydrogens is 389 g/mol. The summed E-state index contributed by atoms with van der Waals surface area (Å²) in [6.07, 6.45) is -3.68. The SMILES string of the molecule is O=C(CSc1nnc2c(Cl)cc(C(F)(F)F)cn12)NCc1ccccc1. The number of hydrogen-bond acceptors (Lipinski definition) is 4. The average molecular weight is 401 g/mol. The van der Waals surface area contributed by atoms with Crippen LogP contribution in [-0.2, 0) is 17.5 Å². The Labute approximate surface area is 155 Å². The van der Waals surface area contributed by atoms with Gasteiger partial charge in [0.2, 0.25) is 5.91 Å². The van der Waals surface area contributed by atoms with Crippen molar-refractivity contribution in [1.82, 2.24) is 19.9 Å². The molecule has 1 N–H and O–H groups in total. The van der Waals surface area contributed by atoms with Gasteiger partial charge in [-0.1, -0.05) is 53.7 Å². The zero-order chi connectivity index (χ0) is 18.7. The Bertz CT molecular complexity index is 930. The lowest BCUT2D eigenvalue weighted by Crippen LogP contribution is -2.24. The van der Waals surface area contributed by atoms with Crippen molar-refractivity contribution in [2.24, 2.45) is 0 Å². The monoisotopic (exact) mass is 400 g/mol. The van der Waals surface area contributed by atoms with E-state index in [1.807, 2.05) is 30.3 Å². The molecule has 0 aliphatic carbocycles. The van der Waals surface area contributed by atoms with Crippen LogP contribution in [-0.4, -0.2) is 26.3 Å². The molecule has 0 spiro atoms. The van der Waals surface area contributed by atoms with Gasteiger partial charge in [0.05, 0.1) is 16.3 Å². The Hall–Kier alpha value is -2.26. The zero-order valence-electron chi connectivity index (χ0n) is 13.1. The highest BCUT2D eigenvalue weighted by Gasteiger charge is 2.32. The number of carbonyl (C=O) groups excluding carboxylic acids is 1. The number of amides is 1. The van der Waals surface area contributed by atoms with Gasteiger partial charge in [0.1, 0.15) is 0 Å². The molecule has 0 saturated heterocycles. The molecule has 1 aromatic carbocycles. The van der Waals surface area contributed by atoms with Crippen molar-refractivity contribution < 1.29 is 18.0 Å². The van der Waals surface area contributed by atoms with E-state index in [0.717, 1.165) is 34.0 Å². The molecule has 0 bridgehead atoms. The summed E-state index contributed by atoms with van der Waals surface area (Å²) in [5.41, 5.74) is 0.136. The molecule has 136 valence electrons. The molecule has 0 aliphatic rings. The summed E-state index contributed by atoms with van der Waals surface area (Å²) >= 11 is 6.83. The molecule has 2 heterocycles. The third-order valence-corrected chi connectivity index (χ3v) is 4.64. The number of rotatable bonds is 5. The lowest BCUT2D eigenvalue weighted by Gasteiger charge is -2.09. The largest absolute Gasteiger partial charge is 0.417 e. The topological polar surface area (TPSA) is 59.3 Å². The second-order valence-corrected chi connectivity index (χ2v) is 6.65. The number of nitrogens with one attached hydrogen (secondary N) is 1. The summed E-state index contributed by atoms with van der Waals surface area (Å²) in [4.78, 5) is 11.9. The van der Waals surface area contributed by atoms with Gasteiger partial charge in [0.15, 0.2) is 10.8 Å². The van der Waals surface area contributed by atoms with E-state index in [0.29, 0.717) is 6.54 Å². The maximum absolute atomic E-state index is 12.9. The van der Waals surface area contributed by atoms with Crippen LogP contribution in [0.3, 0.4) is 0 Å². The first-order chi connectivity index (χ1) is 12.3. The average Bonchev–Trinajstić information content (AvgIpc) is 3.02. The minimum absolute atomic E-state index is 0.0124. The maximum atomic E-state index is 12.9. The molecule has 0 saturated carbocycles. The molecule has 2 aromatic heterocycles. The van der Waals surface area contributed by atoms with E-state index in [4.69, 9.17) is 11.6 Å². The predicted octanol–water partition coefficient (Wildman–Crippen LogP) is 3.81. The van der Waals surface area contributed by atoms with Gasteiger partial charge in [-0.2, -0.15) is 13.2 Å². The van der Waals surface area contributed by atoms with Crippen LogP contribution < -0.4 is 5.32 Å². The van der Waals surface area contributed by atoms with Gasteiger partial charge in [-0.05, 0) is 11.6 Å². The van der Waals surface area contributed by atoms with Crippen molar-refractivity contribution in [3.05, 3.63) is 58.7 Å². The summed E-state index contributed by atoms with van der Waals surface area (Å²) in [6.45, 7) is 0.366. The standard InChI is InChI=1S/C16H12ClF3N4OS/c17-12-6-11(16(18,19)20)8-24-14(12)22-23-15(24)26-9-13(25)21-7-10-4-2-1-3-5-10/h1-6,8H,7,9H2,(H,21,25). The van der Waals surface area contributed by atoms with Gasteiger partial charge in [-0.3, -0.25) is 9.20 Å². The number of pyridine rings is 1. The summed E-state index contributed by atoms with van der Waals surface area (Å²) in [6, 6.07) is 10.1. The predicted molar refractivity (Wildman–Crippen MR) is 92.0 cm³/mol. The number of fused-ring (bicyclic) bond motifs is 1. The van der Waals surface area contributed by atoms with Gasteiger partial charge in [0.25, 0.3) is 0 Å². The number of alkyl halides is 3. The van der Waals surface area contributed by atoms with Crippen LogP contribution in [0.25, 0.3) is 5.65 Å².